The van der Waals surface area contributed by atoms with Crippen LogP contribution in [0.3, 0.4) is 0 Å². The normalized spacial score (nSPS) is 24.1. The van der Waals surface area contributed by atoms with Crippen molar-refractivity contribution in [3.63, 3.8) is 0 Å². The molecule has 0 amide bonds. The van der Waals surface area contributed by atoms with Gasteiger partial charge in [-0.2, -0.15) is 5.10 Å². The zero-order valence-electron chi connectivity index (χ0n) is 20.5. The van der Waals surface area contributed by atoms with Crippen molar-refractivity contribution in [2.24, 2.45) is 0 Å². The molecule has 1 saturated heterocycles. The Morgan fingerprint density at radius 3 is 2.76 bits per heavy atom. The molecule has 2 aromatic heterocycles. The van der Waals surface area contributed by atoms with Gasteiger partial charge in [0.2, 0.25) is 0 Å². The molecule has 0 bridgehead atoms. The third-order valence-corrected chi connectivity index (χ3v) is 7.11. The number of fused-ring (bicyclic) bond motifs is 1. The van der Waals surface area contributed by atoms with E-state index in [2.05, 4.69) is 76.9 Å². The Bertz CT molecular complexity index is 1010. The number of hydrogen-bond donors (Lipinski definition) is 3. The highest BCUT2D eigenvalue weighted by molar-refractivity contribution is 5.59. The average Bonchev–Trinajstić information content (AvgIpc) is 3.25. The summed E-state index contributed by atoms with van der Waals surface area (Å²) < 4.78 is 19.4. The van der Waals surface area contributed by atoms with Gasteiger partial charge in [0.05, 0.1) is 17.4 Å². The lowest BCUT2D eigenvalue weighted by atomic mass is 9.96. The molecule has 33 heavy (non-hydrogen) atoms. The second kappa shape index (κ2) is 8.55. The highest BCUT2D eigenvalue weighted by Crippen LogP contribution is 2.43. The molecule has 1 fully saturated rings. The Labute approximate surface area is 194 Å². The summed E-state index contributed by atoms with van der Waals surface area (Å²) in [6.45, 7) is 12.9. The second-order valence-electron chi connectivity index (χ2n) is 10.2. The van der Waals surface area contributed by atoms with Crippen molar-refractivity contribution in [1.82, 2.24) is 34.9 Å². The maximum atomic E-state index is 14.4. The number of nitrogens with one attached hydrogen (secondary N) is 2. The lowest BCUT2D eigenvalue weighted by Crippen LogP contribution is -2.66. The molecule has 4 rings (SSSR count). The van der Waals surface area contributed by atoms with E-state index in [4.69, 9.17) is 4.74 Å². The third kappa shape index (κ3) is 4.24. The number of aromatic amines is 1. The number of hydrogen-bond acceptors (Lipinski definition) is 9. The minimum Gasteiger partial charge on any atom is -0.377 e. The molecule has 1 unspecified atom stereocenters. The van der Waals surface area contributed by atoms with Crippen LogP contribution >= 0.6 is 0 Å². The average molecular weight is 463 g/mol. The van der Waals surface area contributed by atoms with Gasteiger partial charge in [0, 0.05) is 43.9 Å². The zero-order valence-corrected chi connectivity index (χ0v) is 20.5. The van der Waals surface area contributed by atoms with E-state index in [1.54, 1.807) is 0 Å². The van der Waals surface area contributed by atoms with E-state index in [0.717, 1.165) is 30.5 Å². The van der Waals surface area contributed by atoms with E-state index in [9.17, 15) is 9.50 Å². The van der Waals surface area contributed by atoms with Gasteiger partial charge in [0.1, 0.15) is 6.61 Å². The Hall–Kier alpha value is -2.18. The first-order chi connectivity index (χ1) is 15.5. The molecule has 10 nitrogen and oxygen atoms in total. The second-order valence-corrected chi connectivity index (χ2v) is 10.2. The lowest BCUT2D eigenvalue weighted by Gasteiger charge is -2.52. The number of aliphatic hydroxyl groups excluding tert-OH is 1. The van der Waals surface area contributed by atoms with E-state index in [0.29, 0.717) is 18.2 Å². The van der Waals surface area contributed by atoms with Gasteiger partial charge in [0.25, 0.3) is 0 Å². The minimum absolute atomic E-state index is 0.0394. The smallest absolute Gasteiger partial charge is 0.184 e. The van der Waals surface area contributed by atoms with Crippen molar-refractivity contribution in [2.75, 3.05) is 32.6 Å². The maximum Gasteiger partial charge on any atom is 0.184 e. The SMILES string of the molecule is COCc1ncc(F)c(Nc2n[nH]c3c2CN(C(O)N2CC(C)(C)N(C)C[C@@H]2C)C3(C)C)n1. The summed E-state index contributed by atoms with van der Waals surface area (Å²) in [5, 5.41) is 22.0. The fraction of sp³-hybridized carbons (Fsp3) is 0.682. The van der Waals surface area contributed by atoms with Crippen LogP contribution in [0.25, 0.3) is 0 Å². The first kappa shape index (κ1) is 24.0. The molecule has 2 aromatic rings. The number of rotatable bonds is 6. The summed E-state index contributed by atoms with van der Waals surface area (Å²) in [6.07, 6.45) is 0.341. The zero-order chi connectivity index (χ0) is 24.1. The van der Waals surface area contributed by atoms with Crippen LogP contribution in [-0.2, 0) is 23.4 Å². The number of aromatic nitrogens is 4. The number of aliphatic hydroxyl groups is 1. The molecule has 0 spiro atoms. The summed E-state index contributed by atoms with van der Waals surface area (Å²) in [7, 11) is 3.66. The monoisotopic (exact) mass is 462 g/mol. The van der Waals surface area contributed by atoms with Crippen LogP contribution in [0.1, 0.15) is 51.7 Å². The molecule has 2 aliphatic heterocycles. The van der Waals surface area contributed by atoms with E-state index in [-0.39, 0.29) is 24.0 Å². The standard InChI is InChI=1S/C22H35FN8O2/c1-13-9-29(6)21(2,3)12-30(13)20(32)31-10-14-17(22(31,4)5)27-28-18(14)26-19-15(23)8-24-16(25-19)11-33-7/h8,13,20,32H,9-12H2,1-7H3,(H2,24,25,26,27,28)/t13-,20?/m0/s1. The predicted molar refractivity (Wildman–Crippen MR) is 122 cm³/mol. The molecular weight excluding hydrogens is 427 g/mol. The molecule has 2 aliphatic rings. The molecule has 11 heteroatoms. The van der Waals surface area contributed by atoms with Crippen molar-refractivity contribution in [3.05, 3.63) is 29.1 Å². The van der Waals surface area contributed by atoms with Crippen LogP contribution in [0, 0.1) is 5.82 Å². The number of anilines is 2. The van der Waals surface area contributed by atoms with Gasteiger partial charge in [-0.05, 0) is 41.7 Å². The topological polar surface area (TPSA) is 106 Å². The van der Waals surface area contributed by atoms with Gasteiger partial charge in [0.15, 0.2) is 29.6 Å². The van der Waals surface area contributed by atoms with Gasteiger partial charge in [-0.15, -0.1) is 0 Å². The summed E-state index contributed by atoms with van der Waals surface area (Å²) in [5.41, 5.74) is 1.22. The minimum atomic E-state index is -0.777. The molecule has 0 aliphatic carbocycles. The quantitative estimate of drug-likeness (QED) is 0.594. The molecule has 0 radical (unpaired) electrons. The highest BCUT2D eigenvalue weighted by atomic mass is 19.1. The fourth-order valence-corrected chi connectivity index (χ4v) is 4.77. The van der Waals surface area contributed by atoms with Gasteiger partial charge in [-0.3, -0.25) is 19.8 Å². The van der Waals surface area contributed by atoms with Crippen molar-refractivity contribution in [2.45, 2.75) is 71.2 Å². The van der Waals surface area contributed by atoms with E-state index in [1.807, 2.05) is 4.90 Å². The van der Waals surface area contributed by atoms with Crippen molar-refractivity contribution in [3.8, 4) is 0 Å². The number of methoxy groups -OCH3 is 1. The van der Waals surface area contributed by atoms with Gasteiger partial charge < -0.3 is 15.2 Å². The number of piperazine rings is 1. The van der Waals surface area contributed by atoms with Crippen LogP contribution in [-0.4, -0.2) is 85.2 Å². The van der Waals surface area contributed by atoms with Crippen molar-refractivity contribution in [1.29, 1.82) is 0 Å². The number of halogens is 1. The van der Waals surface area contributed by atoms with Crippen molar-refractivity contribution >= 4 is 11.6 Å². The summed E-state index contributed by atoms with van der Waals surface area (Å²) in [6, 6.07) is 0.192. The van der Waals surface area contributed by atoms with Gasteiger partial charge in [-0.25, -0.2) is 14.4 Å². The van der Waals surface area contributed by atoms with Crippen LogP contribution in [0.2, 0.25) is 0 Å². The molecule has 0 saturated carbocycles. The molecule has 3 N–H and O–H groups in total. The van der Waals surface area contributed by atoms with E-state index in [1.165, 1.54) is 7.11 Å². The Kier molecular flexibility index (Phi) is 6.21. The fourth-order valence-electron chi connectivity index (χ4n) is 4.77. The number of likely N-dealkylation sites (N-methyl/N-ethyl adjacent to an activating group) is 1. The van der Waals surface area contributed by atoms with Gasteiger partial charge in [-0.1, -0.05) is 0 Å². The molecule has 0 aromatic carbocycles. The number of H-pyrrole nitrogens is 1. The van der Waals surface area contributed by atoms with Crippen LogP contribution in [0.15, 0.2) is 6.20 Å². The largest absolute Gasteiger partial charge is 0.377 e. The summed E-state index contributed by atoms with van der Waals surface area (Å²) >= 11 is 0. The van der Waals surface area contributed by atoms with Gasteiger partial charge >= 0.3 is 0 Å². The maximum absolute atomic E-state index is 14.4. The number of ether oxygens (including phenoxy) is 1. The summed E-state index contributed by atoms with van der Waals surface area (Å²) in [5.74, 6) is 0.324. The highest BCUT2D eigenvalue weighted by Gasteiger charge is 2.48. The van der Waals surface area contributed by atoms with Crippen LogP contribution in [0.5, 0.6) is 0 Å². The first-order valence-corrected chi connectivity index (χ1v) is 11.2. The third-order valence-electron chi connectivity index (χ3n) is 7.11. The Balaban J connectivity index is 1.58. The summed E-state index contributed by atoms with van der Waals surface area (Å²) in [4.78, 5) is 14.7. The Morgan fingerprint density at radius 1 is 1.33 bits per heavy atom. The van der Waals surface area contributed by atoms with Crippen LogP contribution in [0.4, 0.5) is 16.0 Å². The first-order valence-electron chi connectivity index (χ1n) is 11.2. The van der Waals surface area contributed by atoms with Crippen molar-refractivity contribution < 1.29 is 14.2 Å². The molecule has 182 valence electrons. The number of nitrogens with zero attached hydrogens (tertiary/aromatic N) is 6. The van der Waals surface area contributed by atoms with E-state index >= 15 is 0 Å². The van der Waals surface area contributed by atoms with E-state index < -0.39 is 17.7 Å². The van der Waals surface area contributed by atoms with Crippen LogP contribution < -0.4 is 5.32 Å². The molecule has 4 heterocycles. The predicted octanol–water partition coefficient (Wildman–Crippen LogP) is 1.97. The molecule has 2 atom stereocenters. The molecular formula is C22H35FN8O2. The lowest BCUT2D eigenvalue weighted by molar-refractivity contribution is -0.187. The Morgan fingerprint density at radius 2 is 2.06 bits per heavy atom.